The van der Waals surface area contributed by atoms with Crippen LogP contribution in [0.25, 0.3) is 11.0 Å². The maximum Gasteiger partial charge on any atom is 0.153 e. The number of rotatable bonds is 3. The summed E-state index contributed by atoms with van der Waals surface area (Å²) in [7, 11) is 0. The molecule has 1 aliphatic carbocycles. The first-order chi connectivity index (χ1) is 8.95. The summed E-state index contributed by atoms with van der Waals surface area (Å²) in [6.45, 7) is 4.15. The van der Waals surface area contributed by atoms with Crippen molar-refractivity contribution in [3.05, 3.63) is 29.6 Å². The number of imidazole rings is 1. The Hall–Kier alpha value is -1.16. The Bertz CT molecular complexity index is 644. The number of aromatic nitrogens is 2. The lowest BCUT2D eigenvalue weighted by molar-refractivity contribution is 0.306. The van der Waals surface area contributed by atoms with Gasteiger partial charge in [-0.25, -0.2) is 13.8 Å². The van der Waals surface area contributed by atoms with E-state index in [9.17, 15) is 8.78 Å². The predicted octanol–water partition coefficient (Wildman–Crippen LogP) is 4.20. The van der Waals surface area contributed by atoms with Crippen LogP contribution in [0, 0.1) is 17.6 Å². The monoisotopic (exact) mass is 284 g/mol. The molecule has 0 spiro atoms. The van der Waals surface area contributed by atoms with E-state index in [-0.39, 0.29) is 16.9 Å². The van der Waals surface area contributed by atoms with Gasteiger partial charge in [0.2, 0.25) is 0 Å². The lowest BCUT2D eigenvalue weighted by Gasteiger charge is -2.29. The standard InChI is InChI=1S/C14H15ClF2N2/c1-14(2,8-3-4-8)19-11-6-9(16)5-10(17)13(11)18-12(19)7-15/h5-6,8H,3-4,7H2,1-2H3. The zero-order chi connectivity index (χ0) is 13.8. The SMILES string of the molecule is CC(C)(C1CC1)n1c(CCl)nc2c(F)cc(F)cc21. The van der Waals surface area contributed by atoms with E-state index in [0.29, 0.717) is 17.3 Å². The summed E-state index contributed by atoms with van der Waals surface area (Å²) in [5.74, 6) is 0.0770. The van der Waals surface area contributed by atoms with Crippen LogP contribution in [0.3, 0.4) is 0 Å². The Morgan fingerprint density at radius 3 is 2.63 bits per heavy atom. The highest BCUT2D eigenvalue weighted by atomic mass is 35.5. The van der Waals surface area contributed by atoms with Crippen molar-refractivity contribution in [3.8, 4) is 0 Å². The first-order valence-corrected chi connectivity index (χ1v) is 6.91. The maximum atomic E-state index is 13.8. The van der Waals surface area contributed by atoms with E-state index < -0.39 is 11.6 Å². The van der Waals surface area contributed by atoms with Crippen LogP contribution in [0.2, 0.25) is 0 Å². The summed E-state index contributed by atoms with van der Waals surface area (Å²) in [5, 5.41) is 0. The fourth-order valence-corrected chi connectivity index (χ4v) is 3.04. The number of hydrogen-bond donors (Lipinski definition) is 0. The minimum atomic E-state index is -0.633. The second-order valence-corrected chi connectivity index (χ2v) is 5.95. The van der Waals surface area contributed by atoms with Crippen LogP contribution in [0.5, 0.6) is 0 Å². The molecule has 0 bridgehead atoms. The van der Waals surface area contributed by atoms with E-state index in [1.165, 1.54) is 6.07 Å². The van der Waals surface area contributed by atoms with Crippen molar-refractivity contribution in [1.29, 1.82) is 0 Å². The third kappa shape index (κ3) is 1.93. The summed E-state index contributed by atoms with van der Waals surface area (Å²) in [6.07, 6.45) is 2.26. The molecule has 2 nitrogen and oxygen atoms in total. The van der Waals surface area contributed by atoms with Crippen molar-refractivity contribution >= 4 is 22.6 Å². The molecule has 1 fully saturated rings. The fourth-order valence-electron chi connectivity index (χ4n) is 2.86. The Morgan fingerprint density at radius 1 is 1.37 bits per heavy atom. The van der Waals surface area contributed by atoms with Crippen molar-refractivity contribution in [3.63, 3.8) is 0 Å². The van der Waals surface area contributed by atoms with Crippen LogP contribution in [0.1, 0.15) is 32.5 Å². The average Bonchev–Trinajstić information content (AvgIpc) is 3.11. The van der Waals surface area contributed by atoms with Crippen molar-refractivity contribution in [1.82, 2.24) is 9.55 Å². The summed E-state index contributed by atoms with van der Waals surface area (Å²) < 4.78 is 29.2. The molecule has 0 saturated heterocycles. The van der Waals surface area contributed by atoms with Crippen molar-refractivity contribution in [2.75, 3.05) is 0 Å². The predicted molar refractivity (Wildman–Crippen MR) is 71.3 cm³/mol. The number of alkyl halides is 1. The second kappa shape index (κ2) is 4.17. The first-order valence-electron chi connectivity index (χ1n) is 6.38. The molecule has 1 aromatic heterocycles. The van der Waals surface area contributed by atoms with Crippen LogP contribution in [-0.4, -0.2) is 9.55 Å². The Balaban J connectivity index is 2.32. The van der Waals surface area contributed by atoms with E-state index in [1.807, 2.05) is 4.57 Å². The normalized spacial score (nSPS) is 16.3. The molecule has 19 heavy (non-hydrogen) atoms. The largest absolute Gasteiger partial charge is 0.321 e. The zero-order valence-electron chi connectivity index (χ0n) is 10.9. The van der Waals surface area contributed by atoms with E-state index in [1.54, 1.807) is 0 Å². The molecular formula is C14H15ClF2N2. The Kier molecular flexibility index (Phi) is 2.82. The minimum absolute atomic E-state index is 0.186. The molecule has 1 aromatic carbocycles. The van der Waals surface area contributed by atoms with E-state index in [0.717, 1.165) is 18.9 Å². The average molecular weight is 285 g/mol. The third-order valence-electron chi connectivity index (χ3n) is 4.02. The van der Waals surface area contributed by atoms with Crippen molar-refractivity contribution in [2.45, 2.75) is 38.1 Å². The molecule has 0 atom stereocenters. The number of benzene rings is 1. The van der Waals surface area contributed by atoms with Gasteiger partial charge < -0.3 is 4.57 Å². The molecule has 0 radical (unpaired) electrons. The van der Waals surface area contributed by atoms with Gasteiger partial charge in [-0.15, -0.1) is 11.6 Å². The molecule has 2 aromatic rings. The molecular weight excluding hydrogens is 270 g/mol. The van der Waals surface area contributed by atoms with E-state index in [4.69, 9.17) is 11.6 Å². The first kappa shape index (κ1) is 12.9. The summed E-state index contributed by atoms with van der Waals surface area (Å²) in [4.78, 5) is 4.24. The van der Waals surface area contributed by atoms with Gasteiger partial charge in [0.05, 0.1) is 11.4 Å². The molecule has 0 aliphatic heterocycles. The smallest absolute Gasteiger partial charge is 0.153 e. The van der Waals surface area contributed by atoms with Crippen LogP contribution in [-0.2, 0) is 11.4 Å². The fraction of sp³-hybridized carbons (Fsp3) is 0.500. The minimum Gasteiger partial charge on any atom is -0.321 e. The van der Waals surface area contributed by atoms with Crippen molar-refractivity contribution < 1.29 is 8.78 Å². The van der Waals surface area contributed by atoms with Crippen LogP contribution in [0.15, 0.2) is 12.1 Å². The molecule has 5 heteroatoms. The van der Waals surface area contributed by atoms with Crippen LogP contribution < -0.4 is 0 Å². The van der Waals surface area contributed by atoms with Gasteiger partial charge in [-0.1, -0.05) is 0 Å². The molecule has 1 aliphatic rings. The summed E-state index contributed by atoms with van der Waals surface area (Å²) in [5.41, 5.74) is 0.468. The number of nitrogens with zero attached hydrogens (tertiary/aromatic N) is 2. The molecule has 0 N–H and O–H groups in total. The highest BCUT2D eigenvalue weighted by Crippen LogP contribution is 2.46. The highest BCUT2D eigenvalue weighted by molar-refractivity contribution is 6.16. The molecule has 102 valence electrons. The zero-order valence-corrected chi connectivity index (χ0v) is 11.6. The van der Waals surface area contributed by atoms with Crippen LogP contribution >= 0.6 is 11.6 Å². The lowest BCUT2D eigenvalue weighted by Crippen LogP contribution is -2.30. The van der Waals surface area contributed by atoms with Gasteiger partial charge in [-0.3, -0.25) is 0 Å². The molecule has 1 saturated carbocycles. The highest BCUT2D eigenvalue weighted by Gasteiger charge is 2.41. The van der Waals surface area contributed by atoms with Gasteiger partial charge in [0.25, 0.3) is 0 Å². The topological polar surface area (TPSA) is 17.8 Å². The Morgan fingerprint density at radius 2 is 2.05 bits per heavy atom. The van der Waals surface area contributed by atoms with Crippen molar-refractivity contribution in [2.24, 2.45) is 5.92 Å². The van der Waals surface area contributed by atoms with Gasteiger partial charge in [0.1, 0.15) is 17.2 Å². The quantitative estimate of drug-likeness (QED) is 0.773. The van der Waals surface area contributed by atoms with Gasteiger partial charge in [-0.05, 0) is 38.7 Å². The molecule has 3 rings (SSSR count). The maximum absolute atomic E-state index is 13.8. The van der Waals surface area contributed by atoms with E-state index in [2.05, 4.69) is 18.8 Å². The molecule has 0 unspecified atom stereocenters. The third-order valence-corrected chi connectivity index (χ3v) is 4.26. The van der Waals surface area contributed by atoms with Gasteiger partial charge >= 0.3 is 0 Å². The lowest BCUT2D eigenvalue weighted by atomic mass is 9.97. The van der Waals surface area contributed by atoms with E-state index >= 15 is 0 Å². The molecule has 1 heterocycles. The van der Waals surface area contributed by atoms with Gasteiger partial charge in [-0.2, -0.15) is 0 Å². The summed E-state index contributed by atoms with van der Waals surface area (Å²) in [6, 6.07) is 2.20. The van der Waals surface area contributed by atoms with Crippen LogP contribution in [0.4, 0.5) is 8.78 Å². The number of fused-ring (bicyclic) bond motifs is 1. The number of hydrogen-bond acceptors (Lipinski definition) is 1. The summed E-state index contributed by atoms with van der Waals surface area (Å²) >= 11 is 5.93. The second-order valence-electron chi connectivity index (χ2n) is 5.68. The Labute approximate surface area is 115 Å². The number of halogens is 3. The molecule has 0 amide bonds. The van der Waals surface area contributed by atoms with Gasteiger partial charge in [0, 0.05) is 11.6 Å². The van der Waals surface area contributed by atoms with Gasteiger partial charge in [0.15, 0.2) is 5.82 Å².